The second-order valence-corrected chi connectivity index (χ2v) is 5.42. The van der Waals surface area contributed by atoms with Crippen LogP contribution < -0.4 is 11.5 Å². The Balaban J connectivity index is 2.61. The molecule has 0 spiro atoms. The highest BCUT2D eigenvalue weighted by atomic mass is 19.1. The zero-order chi connectivity index (χ0) is 15.9. The fourth-order valence-electron chi connectivity index (χ4n) is 2.13. The van der Waals surface area contributed by atoms with Crippen LogP contribution in [-0.4, -0.2) is 10.2 Å². The summed E-state index contributed by atoms with van der Waals surface area (Å²) in [6.07, 6.45) is 0. The van der Waals surface area contributed by atoms with Crippen LogP contribution in [0.2, 0.25) is 0 Å². The van der Waals surface area contributed by atoms with Gasteiger partial charge in [-0.1, -0.05) is 13.8 Å². The van der Waals surface area contributed by atoms with Crippen molar-refractivity contribution in [3.05, 3.63) is 47.0 Å². The van der Waals surface area contributed by atoms with Crippen LogP contribution in [-0.2, 0) is 5.41 Å². The Morgan fingerprint density at radius 3 is 1.43 bits per heavy atom. The molecular weight excluding hydrogens is 278 g/mol. The van der Waals surface area contributed by atoms with Crippen LogP contribution in [0.4, 0.5) is 20.2 Å². The lowest BCUT2D eigenvalue weighted by Gasteiger charge is -2.27. The SMILES string of the molecule is CC(C)(c1cc(N)c(O)c(F)c1)c1cc(N)c(O)c(F)c1. The van der Waals surface area contributed by atoms with Gasteiger partial charge in [-0.25, -0.2) is 8.78 Å². The Labute approximate surface area is 120 Å². The van der Waals surface area contributed by atoms with E-state index in [-0.39, 0.29) is 11.4 Å². The Morgan fingerprint density at radius 2 is 1.14 bits per heavy atom. The van der Waals surface area contributed by atoms with E-state index < -0.39 is 28.5 Å². The molecule has 0 aromatic heterocycles. The van der Waals surface area contributed by atoms with Gasteiger partial charge in [0.1, 0.15) is 0 Å². The van der Waals surface area contributed by atoms with E-state index in [0.717, 1.165) is 12.1 Å². The summed E-state index contributed by atoms with van der Waals surface area (Å²) in [6, 6.07) is 5.10. The standard InChI is InChI=1S/C15H16F2N2O2/c1-15(2,7-3-9(16)13(20)11(18)5-7)8-4-10(17)14(21)12(19)6-8/h3-6,20-21H,18-19H2,1-2H3. The maximum atomic E-state index is 13.6. The number of hydrogen-bond acceptors (Lipinski definition) is 4. The van der Waals surface area contributed by atoms with Crippen molar-refractivity contribution in [1.82, 2.24) is 0 Å². The first kappa shape index (κ1) is 14.9. The van der Waals surface area contributed by atoms with Crippen LogP contribution in [0.25, 0.3) is 0 Å². The molecule has 0 atom stereocenters. The maximum Gasteiger partial charge on any atom is 0.174 e. The van der Waals surface area contributed by atoms with Crippen LogP contribution >= 0.6 is 0 Å². The largest absolute Gasteiger partial charge is 0.503 e. The minimum atomic E-state index is -0.856. The second kappa shape index (κ2) is 4.80. The van der Waals surface area contributed by atoms with Crippen LogP contribution in [0.5, 0.6) is 11.5 Å². The fraction of sp³-hybridized carbons (Fsp3) is 0.200. The molecule has 0 saturated carbocycles. The number of benzene rings is 2. The summed E-state index contributed by atoms with van der Waals surface area (Å²) >= 11 is 0. The number of nitrogen functional groups attached to an aromatic ring is 2. The summed E-state index contributed by atoms with van der Waals surface area (Å²) in [7, 11) is 0. The molecule has 0 heterocycles. The van der Waals surface area contributed by atoms with E-state index in [9.17, 15) is 19.0 Å². The molecule has 2 rings (SSSR count). The van der Waals surface area contributed by atoms with E-state index in [1.807, 2.05) is 0 Å². The number of nitrogens with two attached hydrogens (primary N) is 2. The van der Waals surface area contributed by atoms with Gasteiger partial charge in [0.2, 0.25) is 0 Å². The first-order valence-corrected chi connectivity index (χ1v) is 6.21. The predicted octanol–water partition coefficient (Wildman–Crippen LogP) is 2.87. The van der Waals surface area contributed by atoms with Crippen LogP contribution in [0.15, 0.2) is 24.3 Å². The first-order valence-electron chi connectivity index (χ1n) is 6.21. The van der Waals surface area contributed by atoms with E-state index in [0.29, 0.717) is 11.1 Å². The molecule has 0 bridgehead atoms. The second-order valence-electron chi connectivity index (χ2n) is 5.42. The van der Waals surface area contributed by atoms with Crippen molar-refractivity contribution >= 4 is 11.4 Å². The smallest absolute Gasteiger partial charge is 0.174 e. The highest BCUT2D eigenvalue weighted by Gasteiger charge is 2.27. The third kappa shape index (κ3) is 2.44. The first-order chi connectivity index (χ1) is 9.64. The van der Waals surface area contributed by atoms with Crippen molar-refractivity contribution in [2.75, 3.05) is 11.5 Å². The molecule has 0 fully saturated rings. The highest BCUT2D eigenvalue weighted by molar-refractivity contribution is 5.60. The number of phenols is 2. The monoisotopic (exact) mass is 294 g/mol. The molecule has 0 radical (unpaired) electrons. The maximum absolute atomic E-state index is 13.6. The minimum Gasteiger partial charge on any atom is -0.503 e. The van der Waals surface area contributed by atoms with E-state index in [1.54, 1.807) is 13.8 Å². The molecule has 0 aliphatic heterocycles. The van der Waals surface area contributed by atoms with Crippen LogP contribution in [0.1, 0.15) is 25.0 Å². The van der Waals surface area contributed by atoms with Gasteiger partial charge in [-0.15, -0.1) is 0 Å². The van der Waals surface area contributed by atoms with Gasteiger partial charge in [0.25, 0.3) is 0 Å². The third-order valence-electron chi connectivity index (χ3n) is 3.63. The summed E-state index contributed by atoms with van der Waals surface area (Å²) in [5.74, 6) is -2.95. The van der Waals surface area contributed by atoms with Gasteiger partial charge in [-0.3, -0.25) is 0 Å². The number of hydrogen-bond donors (Lipinski definition) is 4. The zero-order valence-electron chi connectivity index (χ0n) is 11.6. The quantitative estimate of drug-likeness (QED) is 0.506. The van der Waals surface area contributed by atoms with Crippen molar-refractivity contribution in [1.29, 1.82) is 0 Å². The zero-order valence-corrected chi connectivity index (χ0v) is 11.6. The molecule has 2 aromatic rings. The van der Waals surface area contributed by atoms with Gasteiger partial charge >= 0.3 is 0 Å². The highest BCUT2D eigenvalue weighted by Crippen LogP contribution is 2.38. The molecule has 2 aromatic carbocycles. The van der Waals surface area contributed by atoms with Crippen molar-refractivity contribution < 1.29 is 19.0 Å². The fourth-order valence-corrected chi connectivity index (χ4v) is 2.13. The van der Waals surface area contributed by atoms with Gasteiger partial charge in [-0.05, 0) is 35.4 Å². The molecule has 0 unspecified atom stereocenters. The lowest BCUT2D eigenvalue weighted by molar-refractivity contribution is 0.431. The summed E-state index contributed by atoms with van der Waals surface area (Å²) in [4.78, 5) is 0. The Morgan fingerprint density at radius 1 is 0.810 bits per heavy atom. The number of phenolic OH excluding ortho intramolecular Hbond substituents is 2. The van der Waals surface area contributed by atoms with Gasteiger partial charge in [0, 0.05) is 5.41 Å². The molecule has 4 nitrogen and oxygen atoms in total. The van der Waals surface area contributed by atoms with Crippen molar-refractivity contribution in [2.24, 2.45) is 0 Å². The summed E-state index contributed by atoms with van der Waals surface area (Å²) in [5, 5.41) is 18.8. The van der Waals surface area contributed by atoms with E-state index in [2.05, 4.69) is 0 Å². The Kier molecular flexibility index (Phi) is 3.41. The van der Waals surface area contributed by atoms with Crippen LogP contribution in [0.3, 0.4) is 0 Å². The van der Waals surface area contributed by atoms with Crippen molar-refractivity contribution in [3.8, 4) is 11.5 Å². The molecule has 0 saturated heterocycles. The predicted molar refractivity (Wildman–Crippen MR) is 77.1 cm³/mol. The normalized spacial score (nSPS) is 11.6. The minimum absolute atomic E-state index is 0.106. The number of rotatable bonds is 2. The number of aromatic hydroxyl groups is 2. The lowest BCUT2D eigenvalue weighted by Crippen LogP contribution is -2.20. The molecule has 6 heteroatoms. The summed E-state index contributed by atoms with van der Waals surface area (Å²) in [5.41, 5.74) is 11.0. The molecule has 0 aliphatic carbocycles. The van der Waals surface area contributed by atoms with Gasteiger partial charge in [0.05, 0.1) is 11.4 Å². The topological polar surface area (TPSA) is 92.5 Å². The Hall–Kier alpha value is -2.50. The van der Waals surface area contributed by atoms with E-state index in [1.165, 1.54) is 12.1 Å². The van der Waals surface area contributed by atoms with E-state index in [4.69, 9.17) is 11.5 Å². The summed E-state index contributed by atoms with van der Waals surface area (Å²) < 4.78 is 27.3. The average molecular weight is 294 g/mol. The van der Waals surface area contributed by atoms with Crippen molar-refractivity contribution in [3.63, 3.8) is 0 Å². The number of anilines is 2. The van der Waals surface area contributed by atoms with Crippen LogP contribution in [0, 0.1) is 11.6 Å². The van der Waals surface area contributed by atoms with E-state index >= 15 is 0 Å². The molecule has 21 heavy (non-hydrogen) atoms. The molecule has 0 aliphatic rings. The lowest BCUT2D eigenvalue weighted by atomic mass is 9.77. The molecule has 0 amide bonds. The number of halogens is 2. The summed E-state index contributed by atoms with van der Waals surface area (Å²) in [6.45, 7) is 3.45. The van der Waals surface area contributed by atoms with Gasteiger partial charge in [0.15, 0.2) is 23.1 Å². The Bertz CT molecular complexity index is 609. The average Bonchev–Trinajstić information content (AvgIpc) is 2.40. The van der Waals surface area contributed by atoms with Crippen molar-refractivity contribution in [2.45, 2.75) is 19.3 Å². The molecule has 112 valence electrons. The third-order valence-corrected chi connectivity index (χ3v) is 3.63. The van der Waals surface area contributed by atoms with Gasteiger partial charge in [-0.2, -0.15) is 0 Å². The molecular formula is C15H16F2N2O2. The van der Waals surface area contributed by atoms with Gasteiger partial charge < -0.3 is 21.7 Å². The molecule has 6 N–H and O–H groups in total.